The normalized spacial score (nSPS) is 16.7. The van der Waals surface area contributed by atoms with Crippen molar-refractivity contribution >= 4 is 43.9 Å². The highest BCUT2D eigenvalue weighted by Gasteiger charge is 2.37. The monoisotopic (exact) mass is 640 g/mol. The van der Waals surface area contributed by atoms with E-state index in [1.807, 2.05) is 0 Å². The van der Waals surface area contributed by atoms with Gasteiger partial charge in [0, 0.05) is 24.2 Å². The van der Waals surface area contributed by atoms with Gasteiger partial charge >= 0.3 is 11.9 Å². The zero-order valence-electron chi connectivity index (χ0n) is 21.9. The summed E-state index contributed by atoms with van der Waals surface area (Å²) >= 11 is 12.6. The van der Waals surface area contributed by atoms with Crippen LogP contribution in [0.15, 0.2) is 74.0 Å². The van der Waals surface area contributed by atoms with Crippen LogP contribution in [0.3, 0.4) is 0 Å². The number of nitrogens with two attached hydrogens (primary N) is 1. The fourth-order valence-electron chi connectivity index (χ4n) is 5.23. The van der Waals surface area contributed by atoms with Crippen LogP contribution in [0.4, 0.5) is 13.2 Å². The molecule has 0 aliphatic carbocycles. The maximum absolute atomic E-state index is 14.3. The van der Waals surface area contributed by atoms with E-state index in [2.05, 4.69) is 4.98 Å². The van der Waals surface area contributed by atoms with E-state index in [0.717, 1.165) is 6.42 Å². The lowest BCUT2D eigenvalue weighted by Crippen LogP contribution is -2.42. The van der Waals surface area contributed by atoms with E-state index in [0.29, 0.717) is 30.1 Å². The molecule has 222 valence electrons. The van der Waals surface area contributed by atoms with E-state index in [1.54, 1.807) is 11.0 Å². The quantitative estimate of drug-likeness (QED) is 0.312. The van der Waals surface area contributed by atoms with Crippen molar-refractivity contribution < 1.29 is 21.6 Å². The standard InChI is InChI=1S/C28H25Cl2F3N4O4S/c29-17-8-9-23(42(40,41)19-6-2-1-3-7-19)16(11-17)13-37-26(38)20-12-22(28(31,32)33)21(24(30)25(20)35-27(37)39)15-36-10-4-5-18(34)14-36/h1-3,6-9,11-12,18H,4-5,10,13-15,34H2,(H,35,39)/t18-/m1/s1. The molecule has 5 rings (SSSR count). The number of likely N-dealkylation sites (tertiary alicyclic amines) is 1. The van der Waals surface area contributed by atoms with Gasteiger partial charge in [-0.2, -0.15) is 13.2 Å². The molecule has 1 saturated heterocycles. The van der Waals surface area contributed by atoms with Crippen molar-refractivity contribution in [1.82, 2.24) is 14.5 Å². The molecule has 4 aromatic rings. The first-order chi connectivity index (χ1) is 19.8. The Labute approximate surface area is 248 Å². The zero-order chi connectivity index (χ0) is 30.4. The molecule has 0 bridgehead atoms. The first kappa shape index (κ1) is 30.3. The van der Waals surface area contributed by atoms with Gasteiger partial charge in [0.1, 0.15) is 0 Å². The van der Waals surface area contributed by atoms with Gasteiger partial charge in [0.05, 0.1) is 37.8 Å². The molecule has 3 aromatic carbocycles. The van der Waals surface area contributed by atoms with Crippen molar-refractivity contribution in [2.45, 2.75) is 47.9 Å². The minimum absolute atomic E-state index is 0.00139. The first-order valence-electron chi connectivity index (χ1n) is 12.9. The van der Waals surface area contributed by atoms with Crippen molar-refractivity contribution in [2.24, 2.45) is 5.73 Å². The summed E-state index contributed by atoms with van der Waals surface area (Å²) in [6, 6.07) is 11.9. The number of aromatic amines is 1. The maximum Gasteiger partial charge on any atom is 0.416 e. The Hall–Kier alpha value is -3.16. The van der Waals surface area contributed by atoms with Crippen LogP contribution in [-0.2, 0) is 29.1 Å². The number of alkyl halides is 3. The minimum Gasteiger partial charge on any atom is -0.327 e. The third-order valence-electron chi connectivity index (χ3n) is 7.24. The van der Waals surface area contributed by atoms with Crippen molar-refractivity contribution in [1.29, 1.82) is 0 Å². The Morgan fingerprint density at radius 1 is 1.02 bits per heavy atom. The second-order valence-corrected chi connectivity index (χ2v) is 12.9. The van der Waals surface area contributed by atoms with Crippen molar-refractivity contribution in [3.63, 3.8) is 0 Å². The van der Waals surface area contributed by atoms with Crippen LogP contribution in [0, 0.1) is 0 Å². The molecule has 1 fully saturated rings. The number of fused-ring (bicyclic) bond motifs is 1. The molecule has 2 heterocycles. The van der Waals surface area contributed by atoms with Crippen molar-refractivity contribution in [3.05, 3.63) is 102 Å². The van der Waals surface area contributed by atoms with Gasteiger partial charge in [-0.3, -0.25) is 14.3 Å². The van der Waals surface area contributed by atoms with E-state index >= 15 is 0 Å². The van der Waals surface area contributed by atoms with Gasteiger partial charge in [0.25, 0.3) is 5.56 Å². The Morgan fingerprint density at radius 3 is 2.40 bits per heavy atom. The molecule has 8 nitrogen and oxygen atoms in total. The molecule has 0 saturated carbocycles. The largest absolute Gasteiger partial charge is 0.416 e. The van der Waals surface area contributed by atoms with E-state index in [1.165, 1.54) is 42.5 Å². The third-order valence-corrected chi connectivity index (χ3v) is 9.77. The number of H-pyrrole nitrogens is 1. The molecule has 3 N–H and O–H groups in total. The van der Waals surface area contributed by atoms with Gasteiger partial charge in [-0.05, 0) is 66.9 Å². The van der Waals surface area contributed by atoms with Gasteiger partial charge in [-0.1, -0.05) is 41.4 Å². The average Bonchev–Trinajstić information content (AvgIpc) is 2.92. The molecule has 14 heteroatoms. The van der Waals surface area contributed by atoms with Crippen LogP contribution in [0.5, 0.6) is 0 Å². The SMILES string of the molecule is N[C@@H]1CCCN(Cc2c(C(F)(F)F)cc3c(=O)n(Cc4cc(Cl)ccc4S(=O)(=O)c4ccccc4)c(=O)[nH]c3c2Cl)C1. The van der Waals surface area contributed by atoms with Crippen LogP contribution in [-0.4, -0.2) is 42.0 Å². The summed E-state index contributed by atoms with van der Waals surface area (Å²) in [5.41, 5.74) is 2.32. The van der Waals surface area contributed by atoms with Gasteiger partial charge in [0.2, 0.25) is 9.84 Å². The van der Waals surface area contributed by atoms with E-state index in [4.69, 9.17) is 28.9 Å². The number of aromatic nitrogens is 2. The van der Waals surface area contributed by atoms with Crippen LogP contribution in [0.1, 0.15) is 29.5 Å². The predicted octanol–water partition coefficient (Wildman–Crippen LogP) is 4.82. The second-order valence-electron chi connectivity index (χ2n) is 10.2. The number of sulfone groups is 1. The van der Waals surface area contributed by atoms with Crippen LogP contribution in [0.2, 0.25) is 10.0 Å². The number of nitrogens with zero attached hydrogens (tertiary/aromatic N) is 2. The summed E-state index contributed by atoms with van der Waals surface area (Å²) < 4.78 is 70.2. The summed E-state index contributed by atoms with van der Waals surface area (Å²) in [6.07, 6.45) is -3.40. The third kappa shape index (κ3) is 5.86. The lowest BCUT2D eigenvalue weighted by atomic mass is 10.0. The summed E-state index contributed by atoms with van der Waals surface area (Å²) in [5, 5.41) is -0.734. The molecule has 1 atom stereocenters. The van der Waals surface area contributed by atoms with E-state index in [9.17, 15) is 31.2 Å². The van der Waals surface area contributed by atoms with Crippen LogP contribution < -0.4 is 17.0 Å². The zero-order valence-corrected chi connectivity index (χ0v) is 24.2. The maximum atomic E-state index is 14.3. The van der Waals surface area contributed by atoms with Crippen LogP contribution in [0.25, 0.3) is 10.9 Å². The summed E-state index contributed by atoms with van der Waals surface area (Å²) in [4.78, 5) is 30.7. The number of piperidine rings is 1. The topological polar surface area (TPSA) is 118 Å². The summed E-state index contributed by atoms with van der Waals surface area (Å²) in [5.74, 6) is 0. The number of hydrogen-bond donors (Lipinski definition) is 2. The summed E-state index contributed by atoms with van der Waals surface area (Å²) in [6.45, 7) is 0.132. The molecule has 42 heavy (non-hydrogen) atoms. The molecule has 1 aliphatic heterocycles. The molecular formula is C28H25Cl2F3N4O4S. The number of hydrogen-bond acceptors (Lipinski definition) is 6. The number of nitrogens with one attached hydrogen (secondary N) is 1. The summed E-state index contributed by atoms with van der Waals surface area (Å²) in [7, 11) is -4.10. The van der Waals surface area contributed by atoms with Crippen LogP contribution >= 0.6 is 23.2 Å². The van der Waals surface area contributed by atoms with Gasteiger partial charge in [0.15, 0.2) is 0 Å². The van der Waals surface area contributed by atoms with Gasteiger partial charge < -0.3 is 10.7 Å². The molecule has 0 spiro atoms. The van der Waals surface area contributed by atoms with Crippen molar-refractivity contribution in [3.8, 4) is 0 Å². The average molecular weight is 641 g/mol. The number of benzene rings is 3. The Morgan fingerprint density at radius 2 is 1.74 bits per heavy atom. The highest BCUT2D eigenvalue weighted by Crippen LogP contribution is 2.39. The number of halogens is 5. The Bertz CT molecular complexity index is 1890. The first-order valence-corrected chi connectivity index (χ1v) is 15.1. The molecule has 1 aliphatic rings. The lowest BCUT2D eigenvalue weighted by molar-refractivity contribution is -0.138. The van der Waals surface area contributed by atoms with E-state index in [-0.39, 0.29) is 44.0 Å². The lowest BCUT2D eigenvalue weighted by Gasteiger charge is -2.31. The van der Waals surface area contributed by atoms with Crippen molar-refractivity contribution in [2.75, 3.05) is 13.1 Å². The Balaban J connectivity index is 1.65. The number of rotatable bonds is 6. The molecule has 0 amide bonds. The smallest absolute Gasteiger partial charge is 0.327 e. The molecule has 0 unspecified atom stereocenters. The molecule has 1 aromatic heterocycles. The second kappa shape index (κ2) is 11.5. The van der Waals surface area contributed by atoms with Gasteiger partial charge in [-0.25, -0.2) is 13.2 Å². The fraction of sp³-hybridized carbons (Fsp3) is 0.286. The Kier molecular flexibility index (Phi) is 8.29. The fourth-order valence-corrected chi connectivity index (χ4v) is 7.22. The van der Waals surface area contributed by atoms with Gasteiger partial charge in [-0.15, -0.1) is 0 Å². The minimum atomic E-state index is -4.86. The molecule has 0 radical (unpaired) electrons. The highest BCUT2D eigenvalue weighted by atomic mass is 35.5. The molecular weight excluding hydrogens is 616 g/mol. The van der Waals surface area contributed by atoms with E-state index < -0.39 is 49.8 Å². The predicted molar refractivity (Wildman–Crippen MR) is 154 cm³/mol. The highest BCUT2D eigenvalue weighted by molar-refractivity contribution is 7.91.